The van der Waals surface area contributed by atoms with Gasteiger partial charge >= 0.3 is 0 Å². The lowest BCUT2D eigenvalue weighted by Crippen LogP contribution is -2.38. The van der Waals surface area contributed by atoms with Crippen LogP contribution in [0.1, 0.15) is 5.56 Å². The topological polar surface area (TPSA) is 29.5 Å². The molecule has 96 valence electrons. The number of benzene rings is 2. The van der Waals surface area contributed by atoms with Crippen LogP contribution < -0.4 is 9.64 Å². The summed E-state index contributed by atoms with van der Waals surface area (Å²) in [7, 11) is 0. The molecule has 0 bridgehead atoms. The molecule has 3 nitrogen and oxygen atoms in total. The molecule has 0 radical (unpaired) electrons. The number of hydrogen-bond donors (Lipinski definition) is 0. The fraction of sp³-hybridized carbons (Fsp3) is 0.133. The molecule has 2 aromatic carbocycles. The maximum absolute atomic E-state index is 12.1. The van der Waals surface area contributed by atoms with E-state index >= 15 is 0 Å². The van der Waals surface area contributed by atoms with E-state index in [-0.39, 0.29) is 12.5 Å². The van der Waals surface area contributed by atoms with Crippen molar-refractivity contribution in [3.63, 3.8) is 0 Å². The summed E-state index contributed by atoms with van der Waals surface area (Å²) < 4.78 is 6.38. The Hall–Kier alpha value is -1.81. The number of halogens is 1. The Balaban J connectivity index is 1.97. The van der Waals surface area contributed by atoms with Gasteiger partial charge in [0, 0.05) is 4.47 Å². The lowest BCUT2D eigenvalue weighted by atomic mass is 10.1. The Morgan fingerprint density at radius 2 is 1.95 bits per heavy atom. The number of nitrogens with zero attached hydrogens (tertiary/aromatic N) is 1. The van der Waals surface area contributed by atoms with Crippen molar-refractivity contribution in [2.75, 3.05) is 11.5 Å². The molecule has 3 rings (SSSR count). The van der Waals surface area contributed by atoms with Crippen LogP contribution in [0.25, 0.3) is 0 Å². The van der Waals surface area contributed by atoms with Crippen molar-refractivity contribution in [2.24, 2.45) is 0 Å². The quantitative estimate of drug-likeness (QED) is 0.850. The monoisotopic (exact) mass is 317 g/mol. The number of carbonyl (C=O) groups is 1. The maximum atomic E-state index is 12.1. The Labute approximate surface area is 119 Å². The van der Waals surface area contributed by atoms with Gasteiger partial charge in [-0.25, -0.2) is 0 Å². The third-order valence-corrected chi connectivity index (χ3v) is 3.54. The van der Waals surface area contributed by atoms with Crippen molar-refractivity contribution in [2.45, 2.75) is 6.54 Å². The van der Waals surface area contributed by atoms with Crippen LogP contribution in [0.3, 0.4) is 0 Å². The third-order valence-electron chi connectivity index (χ3n) is 3.05. The summed E-state index contributed by atoms with van der Waals surface area (Å²) in [6.07, 6.45) is 0. The molecular weight excluding hydrogens is 306 g/mol. The molecule has 1 aliphatic heterocycles. The van der Waals surface area contributed by atoms with Gasteiger partial charge in [-0.1, -0.05) is 46.3 Å². The van der Waals surface area contributed by atoms with Crippen LogP contribution in [0.2, 0.25) is 0 Å². The summed E-state index contributed by atoms with van der Waals surface area (Å²) >= 11 is 3.43. The normalized spacial score (nSPS) is 13.9. The van der Waals surface area contributed by atoms with Crippen molar-refractivity contribution in [3.05, 3.63) is 58.6 Å². The summed E-state index contributed by atoms with van der Waals surface area (Å²) in [5.74, 6) is 0.730. The highest BCUT2D eigenvalue weighted by Crippen LogP contribution is 2.35. The number of carbonyl (C=O) groups excluding carboxylic acids is 1. The number of ether oxygens (including phenoxy) is 1. The first-order valence-electron chi connectivity index (χ1n) is 6.01. The fourth-order valence-corrected chi connectivity index (χ4v) is 2.46. The summed E-state index contributed by atoms with van der Waals surface area (Å²) in [6, 6.07) is 15.6. The van der Waals surface area contributed by atoms with Crippen LogP contribution in [-0.4, -0.2) is 12.5 Å². The van der Waals surface area contributed by atoms with Gasteiger partial charge < -0.3 is 9.64 Å². The molecular formula is C15H12BrNO2. The zero-order chi connectivity index (χ0) is 13.2. The molecule has 0 aromatic heterocycles. The van der Waals surface area contributed by atoms with Crippen molar-refractivity contribution >= 4 is 27.5 Å². The number of amides is 1. The van der Waals surface area contributed by atoms with Gasteiger partial charge in [-0.3, -0.25) is 4.79 Å². The standard InChI is InChI=1S/C15H12BrNO2/c16-12-6-7-14-13(8-12)17(15(18)10-19-14)9-11-4-2-1-3-5-11/h1-8H,9-10H2. The van der Waals surface area contributed by atoms with Gasteiger partial charge in [0.1, 0.15) is 5.75 Å². The fourth-order valence-electron chi connectivity index (χ4n) is 2.11. The average molecular weight is 318 g/mol. The van der Waals surface area contributed by atoms with Gasteiger partial charge in [0.25, 0.3) is 5.91 Å². The predicted molar refractivity (Wildman–Crippen MR) is 77.3 cm³/mol. The molecule has 0 saturated carbocycles. The molecule has 2 aromatic rings. The van der Waals surface area contributed by atoms with Crippen LogP contribution >= 0.6 is 15.9 Å². The summed E-state index contributed by atoms with van der Waals surface area (Å²) in [5, 5.41) is 0. The minimum atomic E-state index is -0.0190. The molecule has 1 amide bonds. The molecule has 4 heteroatoms. The molecule has 0 atom stereocenters. The smallest absolute Gasteiger partial charge is 0.265 e. The Morgan fingerprint density at radius 3 is 2.74 bits per heavy atom. The van der Waals surface area contributed by atoms with Crippen LogP contribution in [-0.2, 0) is 11.3 Å². The maximum Gasteiger partial charge on any atom is 0.265 e. The molecule has 0 N–H and O–H groups in total. The molecule has 0 spiro atoms. The van der Waals surface area contributed by atoms with Gasteiger partial charge in [0.2, 0.25) is 0 Å². The first kappa shape index (κ1) is 12.2. The van der Waals surface area contributed by atoms with E-state index in [1.807, 2.05) is 48.5 Å². The van der Waals surface area contributed by atoms with Gasteiger partial charge in [-0.2, -0.15) is 0 Å². The minimum Gasteiger partial charge on any atom is -0.482 e. The molecule has 1 heterocycles. The van der Waals surface area contributed by atoms with Gasteiger partial charge in [0.05, 0.1) is 12.2 Å². The van der Waals surface area contributed by atoms with E-state index in [0.29, 0.717) is 6.54 Å². The second-order valence-corrected chi connectivity index (χ2v) is 5.28. The molecule has 0 unspecified atom stereocenters. The van der Waals surface area contributed by atoms with E-state index in [1.165, 1.54) is 0 Å². The Kier molecular flexibility index (Phi) is 3.25. The third kappa shape index (κ3) is 2.49. The second-order valence-electron chi connectivity index (χ2n) is 4.37. The van der Waals surface area contributed by atoms with E-state index in [9.17, 15) is 4.79 Å². The van der Waals surface area contributed by atoms with Crippen LogP contribution in [0.5, 0.6) is 5.75 Å². The van der Waals surface area contributed by atoms with E-state index in [0.717, 1.165) is 21.5 Å². The van der Waals surface area contributed by atoms with Crippen molar-refractivity contribution in [3.8, 4) is 5.75 Å². The highest BCUT2D eigenvalue weighted by atomic mass is 79.9. The van der Waals surface area contributed by atoms with Gasteiger partial charge in [-0.15, -0.1) is 0 Å². The summed E-state index contributed by atoms with van der Waals surface area (Å²) in [4.78, 5) is 13.8. The molecule has 0 saturated heterocycles. The zero-order valence-corrected chi connectivity index (χ0v) is 11.8. The highest BCUT2D eigenvalue weighted by molar-refractivity contribution is 9.10. The Morgan fingerprint density at radius 1 is 1.16 bits per heavy atom. The number of rotatable bonds is 2. The van der Waals surface area contributed by atoms with Crippen LogP contribution in [0.15, 0.2) is 53.0 Å². The molecule has 1 aliphatic rings. The average Bonchev–Trinajstić information content (AvgIpc) is 2.43. The largest absolute Gasteiger partial charge is 0.482 e. The van der Waals surface area contributed by atoms with Gasteiger partial charge in [0.15, 0.2) is 6.61 Å². The van der Waals surface area contributed by atoms with E-state index in [4.69, 9.17) is 4.74 Å². The summed E-state index contributed by atoms with van der Waals surface area (Å²) in [6.45, 7) is 0.661. The first-order valence-corrected chi connectivity index (χ1v) is 6.80. The number of fused-ring (bicyclic) bond motifs is 1. The summed E-state index contributed by atoms with van der Waals surface area (Å²) in [5.41, 5.74) is 1.91. The predicted octanol–water partition coefficient (Wildman–Crippen LogP) is 3.37. The first-order chi connectivity index (χ1) is 9.24. The molecule has 0 fully saturated rings. The van der Waals surface area contributed by atoms with Gasteiger partial charge in [-0.05, 0) is 23.8 Å². The van der Waals surface area contributed by atoms with Crippen molar-refractivity contribution < 1.29 is 9.53 Å². The highest BCUT2D eigenvalue weighted by Gasteiger charge is 2.25. The van der Waals surface area contributed by atoms with E-state index in [1.54, 1.807) is 4.90 Å². The zero-order valence-electron chi connectivity index (χ0n) is 10.2. The number of anilines is 1. The van der Waals surface area contributed by atoms with E-state index < -0.39 is 0 Å². The van der Waals surface area contributed by atoms with Crippen molar-refractivity contribution in [1.29, 1.82) is 0 Å². The second kappa shape index (κ2) is 5.05. The van der Waals surface area contributed by atoms with Crippen LogP contribution in [0, 0.1) is 0 Å². The minimum absolute atomic E-state index is 0.0190. The van der Waals surface area contributed by atoms with Crippen LogP contribution in [0.4, 0.5) is 5.69 Å². The van der Waals surface area contributed by atoms with Crippen molar-refractivity contribution in [1.82, 2.24) is 0 Å². The molecule has 0 aliphatic carbocycles. The Bertz CT molecular complexity index is 613. The molecule has 19 heavy (non-hydrogen) atoms. The number of hydrogen-bond acceptors (Lipinski definition) is 2. The lowest BCUT2D eigenvalue weighted by Gasteiger charge is -2.29. The lowest BCUT2D eigenvalue weighted by molar-refractivity contribution is -0.121. The van der Waals surface area contributed by atoms with E-state index in [2.05, 4.69) is 15.9 Å². The SMILES string of the molecule is O=C1COc2ccc(Br)cc2N1Cc1ccccc1.